The number of hydrogen-bond acceptors (Lipinski definition) is 3. The van der Waals surface area contributed by atoms with E-state index >= 15 is 0 Å². The summed E-state index contributed by atoms with van der Waals surface area (Å²) < 4.78 is 4.95. The van der Waals surface area contributed by atoms with Crippen LogP contribution in [-0.2, 0) is 9.53 Å². The molecule has 0 heterocycles. The Hall–Kier alpha value is -1.88. The van der Waals surface area contributed by atoms with Gasteiger partial charge in [0, 0.05) is 14.2 Å². The average Bonchev–Trinajstić information content (AvgIpc) is 2.61. The van der Waals surface area contributed by atoms with E-state index in [2.05, 4.69) is 36.4 Å². The number of carbonyl (C=O) groups excluding carboxylic acids is 1. The van der Waals surface area contributed by atoms with Crippen molar-refractivity contribution in [2.45, 2.75) is 19.0 Å². The molecule has 0 saturated carbocycles. The molecule has 1 amide bonds. The van der Waals surface area contributed by atoms with Gasteiger partial charge in [0.15, 0.2) is 0 Å². The van der Waals surface area contributed by atoms with Gasteiger partial charge in [0.25, 0.3) is 0 Å². The third kappa shape index (κ3) is 4.81. The van der Waals surface area contributed by atoms with E-state index in [9.17, 15) is 4.79 Å². The van der Waals surface area contributed by atoms with Gasteiger partial charge in [-0.25, -0.2) is 0 Å². The Morgan fingerprint density at radius 3 is 2.17 bits per heavy atom. The van der Waals surface area contributed by atoms with Crippen LogP contribution in [0.25, 0.3) is 11.1 Å². The molecule has 2 aromatic carbocycles. The fourth-order valence-electron chi connectivity index (χ4n) is 2.51. The predicted molar refractivity (Wildman–Crippen MR) is 100 cm³/mol. The maximum atomic E-state index is 12.3. The monoisotopic (exact) mass is 348 g/mol. The van der Waals surface area contributed by atoms with Gasteiger partial charge in [-0.2, -0.15) is 0 Å². The molecule has 130 valence electrons. The van der Waals surface area contributed by atoms with Gasteiger partial charge in [-0.05, 0) is 23.6 Å². The van der Waals surface area contributed by atoms with E-state index in [0.29, 0.717) is 0 Å². The summed E-state index contributed by atoms with van der Waals surface area (Å²) in [6, 6.07) is 17.8. The molecule has 2 atom stereocenters. The zero-order chi connectivity index (χ0) is 16.8. The molecule has 24 heavy (non-hydrogen) atoms. The number of ether oxygens (including phenoxy) is 1. The molecule has 0 fully saturated rings. The zero-order valence-corrected chi connectivity index (χ0v) is 15.1. The fraction of sp³-hybridized carbons (Fsp3) is 0.316. The van der Waals surface area contributed by atoms with E-state index < -0.39 is 6.04 Å². The number of likely N-dealkylation sites (N-methyl/N-ethyl adjacent to an activating group) is 1. The fourth-order valence-corrected chi connectivity index (χ4v) is 2.51. The van der Waals surface area contributed by atoms with E-state index in [4.69, 9.17) is 10.5 Å². The Balaban J connectivity index is 0.00000288. The van der Waals surface area contributed by atoms with Gasteiger partial charge in [0.2, 0.25) is 5.91 Å². The number of hydrogen-bond donors (Lipinski definition) is 1. The van der Waals surface area contributed by atoms with E-state index in [-0.39, 0.29) is 31.0 Å². The molecular formula is C19H25ClN2O2. The van der Waals surface area contributed by atoms with Gasteiger partial charge in [-0.3, -0.25) is 4.79 Å². The van der Waals surface area contributed by atoms with Gasteiger partial charge in [-0.1, -0.05) is 54.6 Å². The maximum absolute atomic E-state index is 12.3. The second-order valence-corrected chi connectivity index (χ2v) is 5.67. The highest BCUT2D eigenvalue weighted by Gasteiger charge is 2.22. The van der Waals surface area contributed by atoms with Crippen LogP contribution < -0.4 is 5.73 Å². The summed E-state index contributed by atoms with van der Waals surface area (Å²) in [5, 5.41) is 0. The minimum absolute atomic E-state index is 0. The summed E-state index contributed by atoms with van der Waals surface area (Å²) in [4.78, 5) is 13.9. The van der Waals surface area contributed by atoms with Crippen LogP contribution in [0.1, 0.15) is 18.5 Å². The summed E-state index contributed by atoms with van der Waals surface area (Å²) in [6.45, 7) is 2.22. The highest BCUT2D eigenvalue weighted by Crippen LogP contribution is 2.24. The lowest BCUT2D eigenvalue weighted by atomic mass is 10.0. The Kier molecular flexibility index (Phi) is 7.92. The lowest BCUT2D eigenvalue weighted by molar-refractivity contribution is -0.134. The van der Waals surface area contributed by atoms with Crippen LogP contribution in [0.15, 0.2) is 54.6 Å². The van der Waals surface area contributed by atoms with Crippen molar-refractivity contribution in [3.05, 3.63) is 60.2 Å². The summed E-state index contributed by atoms with van der Waals surface area (Å²) in [7, 11) is 3.31. The van der Waals surface area contributed by atoms with Crippen molar-refractivity contribution in [3.8, 4) is 11.1 Å². The molecule has 0 aliphatic carbocycles. The smallest absolute Gasteiger partial charge is 0.242 e. The van der Waals surface area contributed by atoms with Crippen molar-refractivity contribution >= 4 is 18.3 Å². The molecule has 2 aromatic rings. The highest BCUT2D eigenvalue weighted by molar-refractivity contribution is 5.85. The normalized spacial score (nSPS) is 12.8. The number of rotatable bonds is 6. The second-order valence-electron chi connectivity index (χ2n) is 5.67. The molecule has 0 bridgehead atoms. The number of methoxy groups -OCH3 is 1. The quantitative estimate of drug-likeness (QED) is 0.871. The topological polar surface area (TPSA) is 55.6 Å². The summed E-state index contributed by atoms with van der Waals surface area (Å²) in [6.07, 6.45) is 0. The van der Waals surface area contributed by atoms with E-state index in [1.807, 2.05) is 25.1 Å². The Labute approximate surface area is 150 Å². The maximum Gasteiger partial charge on any atom is 0.242 e. The summed E-state index contributed by atoms with van der Waals surface area (Å²) in [5.41, 5.74) is 9.24. The molecule has 2 N–H and O–H groups in total. The molecule has 5 heteroatoms. The third-order valence-corrected chi connectivity index (χ3v) is 4.09. The molecule has 0 spiro atoms. The van der Waals surface area contributed by atoms with Crippen LogP contribution >= 0.6 is 12.4 Å². The second kappa shape index (κ2) is 9.42. The Bertz CT molecular complexity index is 632. The van der Waals surface area contributed by atoms with Crippen molar-refractivity contribution in [1.82, 2.24) is 4.90 Å². The van der Waals surface area contributed by atoms with Crippen molar-refractivity contribution in [1.29, 1.82) is 0 Å². The molecule has 4 nitrogen and oxygen atoms in total. The van der Waals surface area contributed by atoms with E-state index in [1.54, 1.807) is 19.1 Å². The minimum Gasteiger partial charge on any atom is -0.383 e. The molecular weight excluding hydrogens is 324 g/mol. The number of halogens is 1. The standard InChI is InChI=1S/C19H24N2O2.ClH/c1-14(21(2)19(22)18(20)13-23-3)15-9-11-17(12-10-15)16-7-5-4-6-8-16;/h4-12,14,18H,13,20H2,1-3H3;1H. The van der Waals surface area contributed by atoms with Crippen LogP contribution in [0.5, 0.6) is 0 Å². The summed E-state index contributed by atoms with van der Waals surface area (Å²) in [5.74, 6) is -0.119. The first-order valence-electron chi connectivity index (χ1n) is 7.71. The number of benzene rings is 2. The van der Waals surface area contributed by atoms with Crippen molar-refractivity contribution < 1.29 is 9.53 Å². The number of amides is 1. The van der Waals surface area contributed by atoms with Crippen molar-refractivity contribution in [2.24, 2.45) is 5.73 Å². The van der Waals surface area contributed by atoms with Gasteiger partial charge >= 0.3 is 0 Å². The number of nitrogens with zero attached hydrogens (tertiary/aromatic N) is 1. The van der Waals surface area contributed by atoms with E-state index in [0.717, 1.165) is 11.1 Å². The Morgan fingerprint density at radius 2 is 1.62 bits per heavy atom. The van der Waals surface area contributed by atoms with Crippen LogP contribution in [-0.4, -0.2) is 37.6 Å². The highest BCUT2D eigenvalue weighted by atomic mass is 35.5. The van der Waals surface area contributed by atoms with Gasteiger partial charge in [0.05, 0.1) is 12.6 Å². The predicted octanol–water partition coefficient (Wildman–Crippen LogP) is 3.27. The van der Waals surface area contributed by atoms with Crippen LogP contribution in [0.2, 0.25) is 0 Å². The van der Waals surface area contributed by atoms with Crippen LogP contribution in [0.3, 0.4) is 0 Å². The van der Waals surface area contributed by atoms with Crippen LogP contribution in [0.4, 0.5) is 0 Å². The van der Waals surface area contributed by atoms with E-state index in [1.165, 1.54) is 5.56 Å². The summed E-state index contributed by atoms with van der Waals surface area (Å²) >= 11 is 0. The first kappa shape index (κ1) is 20.2. The van der Waals surface area contributed by atoms with Gasteiger partial charge in [-0.15, -0.1) is 12.4 Å². The molecule has 0 aliphatic heterocycles. The largest absolute Gasteiger partial charge is 0.383 e. The molecule has 0 saturated heterocycles. The molecule has 2 unspecified atom stereocenters. The van der Waals surface area contributed by atoms with Crippen molar-refractivity contribution in [3.63, 3.8) is 0 Å². The third-order valence-electron chi connectivity index (χ3n) is 4.09. The average molecular weight is 349 g/mol. The minimum atomic E-state index is -0.629. The lowest BCUT2D eigenvalue weighted by Gasteiger charge is -2.28. The lowest BCUT2D eigenvalue weighted by Crippen LogP contribution is -2.45. The number of nitrogens with two attached hydrogens (primary N) is 1. The molecule has 2 rings (SSSR count). The van der Waals surface area contributed by atoms with Gasteiger partial charge in [0.1, 0.15) is 6.04 Å². The SMILES string of the molecule is COCC(N)C(=O)N(C)C(C)c1ccc(-c2ccccc2)cc1.Cl. The Morgan fingerprint density at radius 1 is 1.08 bits per heavy atom. The van der Waals surface area contributed by atoms with Crippen molar-refractivity contribution in [2.75, 3.05) is 20.8 Å². The first-order valence-corrected chi connectivity index (χ1v) is 7.71. The molecule has 0 radical (unpaired) electrons. The van der Waals surface area contributed by atoms with Crippen LogP contribution in [0, 0.1) is 0 Å². The molecule has 0 aromatic heterocycles. The number of carbonyl (C=O) groups is 1. The first-order chi connectivity index (χ1) is 11.0. The van der Waals surface area contributed by atoms with Gasteiger partial charge < -0.3 is 15.4 Å². The zero-order valence-electron chi connectivity index (χ0n) is 14.3. The molecule has 0 aliphatic rings.